The number of phenolic OH excluding ortho intramolecular Hbond substituents is 1. The van der Waals surface area contributed by atoms with Crippen LogP contribution in [0.2, 0.25) is 5.02 Å². The van der Waals surface area contributed by atoms with E-state index in [0.717, 1.165) is 12.1 Å². The molecule has 2 rings (SSSR count). The number of hydrogen-bond acceptors (Lipinski definition) is 4. The molecule has 2 aromatic rings. The topological polar surface area (TPSA) is 92.5 Å². The minimum Gasteiger partial charge on any atom is -0.508 e. The number of carbonyl (C=O) groups is 1. The van der Waals surface area contributed by atoms with E-state index < -0.39 is 22.3 Å². The highest BCUT2D eigenvalue weighted by molar-refractivity contribution is 6.34. The summed E-state index contributed by atoms with van der Waals surface area (Å²) in [4.78, 5) is 21.7. The Kier molecular flexibility index (Phi) is 4.04. The molecule has 0 aromatic heterocycles. The lowest BCUT2D eigenvalue weighted by Gasteiger charge is -2.08. The van der Waals surface area contributed by atoms with Gasteiger partial charge in [-0.1, -0.05) is 17.7 Å². The van der Waals surface area contributed by atoms with Crippen molar-refractivity contribution in [3.05, 3.63) is 62.9 Å². The van der Waals surface area contributed by atoms with Crippen molar-refractivity contribution in [2.45, 2.75) is 0 Å². The second-order valence-corrected chi connectivity index (χ2v) is 4.42. The summed E-state index contributed by atoms with van der Waals surface area (Å²) in [5.74, 6) is -2.02. The Hall–Kier alpha value is -2.67. The molecule has 1 amide bonds. The minimum atomic E-state index is -1.15. The molecule has 0 aliphatic heterocycles. The number of rotatable bonds is 3. The average molecular weight is 311 g/mol. The lowest BCUT2D eigenvalue weighted by Crippen LogP contribution is -2.14. The molecule has 0 unspecified atom stereocenters. The Bertz CT molecular complexity index is 736. The van der Waals surface area contributed by atoms with Crippen molar-refractivity contribution in [1.82, 2.24) is 0 Å². The average Bonchev–Trinajstić information content (AvgIpc) is 2.40. The number of phenols is 1. The number of nitrogens with zero attached hydrogens (tertiary/aromatic N) is 1. The van der Waals surface area contributed by atoms with Gasteiger partial charge in [0.25, 0.3) is 5.91 Å². The van der Waals surface area contributed by atoms with Gasteiger partial charge in [-0.25, -0.2) is 0 Å². The van der Waals surface area contributed by atoms with Crippen molar-refractivity contribution in [2.24, 2.45) is 0 Å². The first-order valence-electron chi connectivity index (χ1n) is 5.63. The molecule has 0 saturated carbocycles. The van der Waals surface area contributed by atoms with Gasteiger partial charge in [0.2, 0.25) is 5.82 Å². The van der Waals surface area contributed by atoms with Gasteiger partial charge in [0, 0.05) is 6.07 Å². The van der Waals surface area contributed by atoms with Crippen LogP contribution in [0.5, 0.6) is 5.75 Å². The lowest BCUT2D eigenvalue weighted by atomic mass is 10.2. The van der Waals surface area contributed by atoms with E-state index in [4.69, 9.17) is 11.6 Å². The Morgan fingerprint density at radius 3 is 2.67 bits per heavy atom. The second-order valence-electron chi connectivity index (χ2n) is 4.01. The van der Waals surface area contributed by atoms with Crippen LogP contribution in [0.15, 0.2) is 36.4 Å². The number of anilines is 1. The quantitative estimate of drug-likeness (QED) is 0.671. The Morgan fingerprint density at radius 2 is 2.05 bits per heavy atom. The summed E-state index contributed by atoms with van der Waals surface area (Å²) in [6, 6.07) is 7.06. The van der Waals surface area contributed by atoms with Crippen LogP contribution >= 0.6 is 11.6 Å². The molecule has 8 heteroatoms. The van der Waals surface area contributed by atoms with Gasteiger partial charge in [0.15, 0.2) is 0 Å². The van der Waals surface area contributed by atoms with Gasteiger partial charge in [0.05, 0.1) is 21.2 Å². The van der Waals surface area contributed by atoms with Crippen molar-refractivity contribution in [3.63, 3.8) is 0 Å². The molecule has 0 fully saturated rings. The molecule has 0 atom stereocenters. The summed E-state index contributed by atoms with van der Waals surface area (Å²) in [7, 11) is 0. The monoisotopic (exact) mass is 310 g/mol. The first-order valence-corrected chi connectivity index (χ1v) is 6.00. The number of aromatic hydroxyl groups is 1. The van der Waals surface area contributed by atoms with E-state index in [-0.39, 0.29) is 22.0 Å². The molecule has 0 aliphatic rings. The zero-order chi connectivity index (χ0) is 15.6. The largest absolute Gasteiger partial charge is 0.508 e. The SMILES string of the molecule is O=C(Nc1cccc([N+](=O)[O-])c1F)c1ccc(O)cc1Cl. The smallest absolute Gasteiger partial charge is 0.306 e. The van der Waals surface area contributed by atoms with Crippen molar-refractivity contribution >= 4 is 28.9 Å². The number of carbonyl (C=O) groups excluding carboxylic acids is 1. The number of amides is 1. The third-order valence-corrected chi connectivity index (χ3v) is 2.93. The van der Waals surface area contributed by atoms with Crippen LogP contribution in [0.25, 0.3) is 0 Å². The fourth-order valence-corrected chi connectivity index (χ4v) is 1.90. The molecular formula is C13H8ClFN2O4. The fourth-order valence-electron chi connectivity index (χ4n) is 1.64. The minimum absolute atomic E-state index is 0.000345. The molecular weight excluding hydrogens is 303 g/mol. The Morgan fingerprint density at radius 1 is 1.33 bits per heavy atom. The van der Waals surface area contributed by atoms with E-state index in [0.29, 0.717) is 0 Å². The molecule has 21 heavy (non-hydrogen) atoms. The van der Waals surface area contributed by atoms with Gasteiger partial charge < -0.3 is 10.4 Å². The molecule has 0 heterocycles. The number of nitro groups is 1. The third-order valence-electron chi connectivity index (χ3n) is 2.62. The molecule has 2 aromatic carbocycles. The molecule has 6 nitrogen and oxygen atoms in total. The zero-order valence-electron chi connectivity index (χ0n) is 10.3. The van der Waals surface area contributed by atoms with Gasteiger partial charge in [0.1, 0.15) is 5.75 Å². The van der Waals surface area contributed by atoms with E-state index >= 15 is 0 Å². The fraction of sp³-hybridized carbons (Fsp3) is 0. The maximum Gasteiger partial charge on any atom is 0.306 e. The molecule has 2 N–H and O–H groups in total. The maximum atomic E-state index is 13.8. The van der Waals surface area contributed by atoms with Crippen LogP contribution < -0.4 is 5.32 Å². The predicted molar refractivity (Wildman–Crippen MR) is 74.1 cm³/mol. The van der Waals surface area contributed by atoms with Crippen LogP contribution in [0.1, 0.15) is 10.4 Å². The lowest BCUT2D eigenvalue weighted by molar-refractivity contribution is -0.387. The number of halogens is 2. The Balaban J connectivity index is 2.32. The summed E-state index contributed by atoms with van der Waals surface area (Å²) >= 11 is 5.79. The molecule has 0 bridgehead atoms. The van der Waals surface area contributed by atoms with Gasteiger partial charge >= 0.3 is 5.69 Å². The normalized spacial score (nSPS) is 10.2. The summed E-state index contributed by atoms with van der Waals surface area (Å²) in [5, 5.41) is 22.0. The number of nitro benzene ring substituents is 1. The van der Waals surface area contributed by atoms with Crippen LogP contribution in [0, 0.1) is 15.9 Å². The first kappa shape index (κ1) is 14.7. The van der Waals surface area contributed by atoms with Gasteiger partial charge in [-0.2, -0.15) is 4.39 Å². The number of benzene rings is 2. The maximum absolute atomic E-state index is 13.8. The van der Waals surface area contributed by atoms with Crippen LogP contribution in [0.4, 0.5) is 15.8 Å². The van der Waals surface area contributed by atoms with E-state index in [1.54, 1.807) is 0 Å². The Labute approximate surface area is 122 Å². The number of hydrogen-bond donors (Lipinski definition) is 2. The van der Waals surface area contributed by atoms with E-state index in [9.17, 15) is 24.4 Å². The summed E-state index contributed by atoms with van der Waals surface area (Å²) in [5.41, 5.74) is -1.08. The highest BCUT2D eigenvalue weighted by Crippen LogP contribution is 2.26. The highest BCUT2D eigenvalue weighted by Gasteiger charge is 2.20. The van der Waals surface area contributed by atoms with E-state index in [1.807, 2.05) is 0 Å². The summed E-state index contributed by atoms with van der Waals surface area (Å²) < 4.78 is 13.8. The van der Waals surface area contributed by atoms with Crippen molar-refractivity contribution in [1.29, 1.82) is 0 Å². The van der Waals surface area contributed by atoms with Crippen molar-refractivity contribution in [3.8, 4) is 5.75 Å². The molecule has 0 spiro atoms. The van der Waals surface area contributed by atoms with Crippen molar-refractivity contribution in [2.75, 3.05) is 5.32 Å². The summed E-state index contributed by atoms with van der Waals surface area (Å²) in [6.07, 6.45) is 0. The summed E-state index contributed by atoms with van der Waals surface area (Å²) in [6.45, 7) is 0. The predicted octanol–water partition coefficient (Wildman–Crippen LogP) is 3.35. The van der Waals surface area contributed by atoms with Gasteiger partial charge in [-0.3, -0.25) is 14.9 Å². The molecule has 0 saturated heterocycles. The zero-order valence-corrected chi connectivity index (χ0v) is 11.1. The molecule has 108 valence electrons. The first-order chi connectivity index (χ1) is 9.90. The van der Waals surface area contributed by atoms with Crippen LogP contribution in [-0.2, 0) is 0 Å². The van der Waals surface area contributed by atoms with Gasteiger partial charge in [-0.15, -0.1) is 0 Å². The van der Waals surface area contributed by atoms with E-state index in [1.165, 1.54) is 24.3 Å². The standard InChI is InChI=1S/C13H8ClFN2O4/c14-9-6-7(18)4-5-8(9)13(19)16-10-2-1-3-11(12(10)15)17(20)21/h1-6,18H,(H,16,19). The van der Waals surface area contributed by atoms with Gasteiger partial charge in [-0.05, 0) is 24.3 Å². The van der Waals surface area contributed by atoms with Crippen LogP contribution in [0.3, 0.4) is 0 Å². The second kappa shape index (κ2) is 5.76. The molecule has 0 aliphatic carbocycles. The van der Waals surface area contributed by atoms with E-state index in [2.05, 4.69) is 5.32 Å². The van der Waals surface area contributed by atoms with Crippen molar-refractivity contribution < 1.29 is 19.2 Å². The number of nitrogens with one attached hydrogen (secondary N) is 1. The molecule has 0 radical (unpaired) electrons. The highest BCUT2D eigenvalue weighted by atomic mass is 35.5. The van der Waals surface area contributed by atoms with Crippen LogP contribution in [-0.4, -0.2) is 15.9 Å². The third kappa shape index (κ3) is 3.09.